The number of hydrogen-bond donors (Lipinski definition) is 4. The molecule has 1 amide bonds. The molecule has 29 nitrogen and oxygen atoms in total. The third-order valence-corrected chi connectivity index (χ3v) is 23.3. The number of halogens is 2. The van der Waals surface area contributed by atoms with Crippen LogP contribution in [0.5, 0.6) is 17.5 Å². The smallest absolute Gasteiger partial charge is 0.271 e. The highest BCUT2D eigenvalue weighted by atomic mass is 35.5. The Balaban J connectivity index is 0.000000128. The predicted molar refractivity (Wildman–Crippen MR) is 441 cm³/mol. The summed E-state index contributed by atoms with van der Waals surface area (Å²) in [6, 6.07) is 32.9. The van der Waals surface area contributed by atoms with Crippen molar-refractivity contribution in [1.29, 1.82) is 10.5 Å². The summed E-state index contributed by atoms with van der Waals surface area (Å²) in [5.74, 6) is 15.3. The molecule has 4 bridgehead atoms. The minimum atomic E-state index is -1.14. The van der Waals surface area contributed by atoms with Crippen molar-refractivity contribution in [2.75, 3.05) is 88.0 Å². The monoisotopic (exact) mass is 1620 g/mol. The molecule has 604 valence electrons. The van der Waals surface area contributed by atoms with Gasteiger partial charge in [-0.05, 0) is 150 Å². The third kappa shape index (κ3) is 16.8. The number of hydrogen-bond acceptors (Lipinski definition) is 25. The van der Waals surface area contributed by atoms with Crippen molar-refractivity contribution in [3.63, 3.8) is 0 Å². The second-order valence-corrected chi connectivity index (χ2v) is 32.6. The van der Waals surface area contributed by atoms with Crippen LogP contribution in [0.3, 0.4) is 0 Å². The number of amides is 1. The average molecular weight is 1620 g/mol. The number of piperidine rings is 3. The molecular formula is C88H85ClFN21O8. The summed E-state index contributed by atoms with van der Waals surface area (Å²) >= 11 is 6.15. The van der Waals surface area contributed by atoms with Gasteiger partial charge in [-0.1, -0.05) is 41.3 Å². The van der Waals surface area contributed by atoms with Crippen LogP contribution >= 0.6 is 11.6 Å². The maximum atomic E-state index is 14.1. The van der Waals surface area contributed by atoms with E-state index in [0.29, 0.717) is 107 Å². The lowest BCUT2D eigenvalue weighted by atomic mass is 9.81. The first-order valence-electron chi connectivity index (χ1n) is 39.4. The van der Waals surface area contributed by atoms with Crippen LogP contribution in [0.1, 0.15) is 110 Å². The fourth-order valence-corrected chi connectivity index (χ4v) is 16.5. The largest absolute Gasteiger partial charge is 0.489 e. The van der Waals surface area contributed by atoms with Gasteiger partial charge in [0, 0.05) is 182 Å². The fraction of sp³-hybridized carbons (Fsp3) is 0.352. The van der Waals surface area contributed by atoms with Gasteiger partial charge >= 0.3 is 0 Å². The number of nitrogens with one attached hydrogen (secondary N) is 1. The minimum absolute atomic E-state index is 0.0166. The van der Waals surface area contributed by atoms with Crippen LogP contribution in [0.15, 0.2) is 159 Å². The molecule has 4 N–H and O–H groups in total. The van der Waals surface area contributed by atoms with Gasteiger partial charge in [-0.15, -0.1) is 0 Å². The molecule has 4 atom stereocenters. The number of fused-ring (bicyclic) bond motifs is 7. The highest BCUT2D eigenvalue weighted by Gasteiger charge is 2.47. The normalized spacial score (nSPS) is 19.2. The first-order valence-corrected chi connectivity index (χ1v) is 39.8. The van der Waals surface area contributed by atoms with Crippen LogP contribution in [0.2, 0.25) is 5.02 Å². The number of piperazine rings is 2. The SMILES string of the molecule is CC1(NC(=O)c2ncccc2Cl)CCN(c2ccc(-c3cc(C#CC4(O)COC4)cn4ncc(C#N)c34)cn2)CC1.COc1ccc(CN2C3CC2CN(c2ccc(-c4cc(OCC(C)(C)O)cn5ncnc45)cn2)C3)cn1.COc1ncc(CN2C3CC2CN(c2ccc(-c4cc(C#CC5(O)CCC5)cn5ncc(C#N)c45)cn2)C3)cc1F. The Morgan fingerprint density at radius 2 is 1.19 bits per heavy atom. The Morgan fingerprint density at radius 3 is 1.68 bits per heavy atom. The molecule has 0 spiro atoms. The Kier molecular flexibility index (Phi) is 21.6. The molecule has 8 saturated heterocycles. The number of rotatable bonds is 17. The molecule has 9 fully saturated rings. The summed E-state index contributed by atoms with van der Waals surface area (Å²) in [4.78, 5) is 55.9. The maximum absolute atomic E-state index is 14.1. The topological polar surface area (TPSA) is 333 Å². The van der Waals surface area contributed by atoms with E-state index >= 15 is 0 Å². The summed E-state index contributed by atoms with van der Waals surface area (Å²) in [6.45, 7) is 12.6. The van der Waals surface area contributed by atoms with Gasteiger partial charge in [0.15, 0.2) is 17.1 Å². The van der Waals surface area contributed by atoms with E-state index in [-0.39, 0.29) is 37.3 Å². The number of ether oxygens (including phenoxy) is 4. The third-order valence-electron chi connectivity index (χ3n) is 23.0. The molecule has 0 aromatic carbocycles. The molecule has 8 aliphatic heterocycles. The van der Waals surface area contributed by atoms with Gasteiger partial charge < -0.3 is 54.3 Å². The standard InChI is InChI=1S/C31H28FN7O2.C30H26ClN7O3.C27H31N7O3/c1-41-30-27(32)10-21(13-35-30)16-38-24-11-25(38)19-37(18-24)28-4-3-22(14-34-28)26-9-20(5-8-31(40)6-2-7-31)17-39-29(26)23(12-33)15-36-39;1-29(36-28(39)26-24(31)3-2-10-33-26)8-11-37(12-9-29)25-5-4-21(15-34-25)23-13-20(6-7-30(40)18-41-19-30)17-38-27(23)22(14-32)16-35-38;1-27(2,35)16-37-22-9-23(26-30-17-31-34(26)15-22)19-5-6-24(28-11-19)32-13-20-8-21(14-32)33(20)12-18-4-7-25(36-3)29-10-18/h3-4,9-10,13-15,17,24-25,40H,2,6-7,11,16,18-19H2,1H3;2-5,10,13,15-17,40H,8-9,11-12,18-19H2,1H3,(H,36,39);4-7,9-11,15,17,20-21,35H,8,12-14,16H2,1-3H3. The zero-order valence-electron chi connectivity index (χ0n) is 66.1. The number of pyridine rings is 9. The predicted octanol–water partition coefficient (Wildman–Crippen LogP) is 9.57. The van der Waals surface area contributed by atoms with Crippen LogP contribution in [0, 0.1) is 52.2 Å². The highest BCUT2D eigenvalue weighted by Crippen LogP contribution is 2.41. The second kappa shape index (κ2) is 32.6. The van der Waals surface area contributed by atoms with Gasteiger partial charge in [-0.3, -0.25) is 14.6 Å². The molecule has 0 radical (unpaired) electrons. The van der Waals surface area contributed by atoms with E-state index in [1.54, 1.807) is 90.0 Å². The van der Waals surface area contributed by atoms with Gasteiger partial charge in [0.05, 0.1) is 78.8 Å². The van der Waals surface area contributed by atoms with Crippen molar-refractivity contribution in [1.82, 2.24) is 78.8 Å². The molecule has 12 aromatic heterocycles. The van der Waals surface area contributed by atoms with Gasteiger partial charge in [0.1, 0.15) is 59.6 Å². The quantitative estimate of drug-likeness (QED) is 0.0616. The van der Waals surface area contributed by atoms with Crippen molar-refractivity contribution in [2.45, 2.75) is 125 Å². The molecule has 119 heavy (non-hydrogen) atoms. The Labute approximate surface area is 690 Å². The molecule has 21 rings (SSSR count). The Hall–Kier alpha value is -12.8. The van der Waals surface area contributed by atoms with Gasteiger partial charge in [-0.25, -0.2) is 52.8 Å². The van der Waals surface area contributed by atoms with E-state index in [1.165, 1.54) is 37.7 Å². The molecule has 20 heterocycles. The van der Waals surface area contributed by atoms with Crippen LogP contribution in [0.25, 0.3) is 50.1 Å². The van der Waals surface area contributed by atoms with Gasteiger partial charge in [0.25, 0.3) is 5.91 Å². The summed E-state index contributed by atoms with van der Waals surface area (Å²) in [5, 5.41) is 66.5. The van der Waals surface area contributed by atoms with Crippen LogP contribution in [0.4, 0.5) is 21.8 Å². The molecule has 1 aliphatic carbocycles. The zero-order valence-corrected chi connectivity index (χ0v) is 66.9. The summed E-state index contributed by atoms with van der Waals surface area (Å²) < 4.78 is 40.1. The first kappa shape index (κ1) is 78.8. The van der Waals surface area contributed by atoms with Crippen LogP contribution < -0.4 is 34.2 Å². The summed E-state index contributed by atoms with van der Waals surface area (Å²) in [5.41, 5.74) is 8.35. The van der Waals surface area contributed by atoms with E-state index in [9.17, 15) is 35.0 Å². The zero-order chi connectivity index (χ0) is 82.3. The van der Waals surface area contributed by atoms with Crippen molar-refractivity contribution >= 4 is 51.6 Å². The highest BCUT2D eigenvalue weighted by molar-refractivity contribution is 6.33. The van der Waals surface area contributed by atoms with Crippen molar-refractivity contribution in [2.24, 2.45) is 0 Å². The van der Waals surface area contributed by atoms with E-state index in [4.69, 9.17) is 45.5 Å². The fourth-order valence-electron chi connectivity index (χ4n) is 16.3. The number of nitriles is 2. The molecule has 1 saturated carbocycles. The number of nitrogens with zero attached hydrogens (tertiary/aromatic N) is 20. The van der Waals surface area contributed by atoms with E-state index in [0.717, 1.165) is 120 Å². The van der Waals surface area contributed by atoms with Crippen LogP contribution in [-0.4, -0.2) is 215 Å². The first-order chi connectivity index (χ1) is 57.5. The van der Waals surface area contributed by atoms with E-state index < -0.39 is 28.2 Å². The Morgan fingerprint density at radius 1 is 0.630 bits per heavy atom. The molecule has 9 aliphatic rings. The molecule has 12 aromatic rings. The lowest BCUT2D eigenvalue weighted by Crippen LogP contribution is -2.68. The van der Waals surface area contributed by atoms with Gasteiger partial charge in [0.2, 0.25) is 11.8 Å². The van der Waals surface area contributed by atoms with E-state index in [2.05, 4.69) is 119 Å². The molecule has 4 unspecified atom stereocenters. The number of aliphatic hydroxyl groups is 3. The van der Waals surface area contributed by atoms with Crippen molar-refractivity contribution in [3.8, 4) is 86.7 Å². The lowest BCUT2D eigenvalue weighted by molar-refractivity contribution is -0.140. The number of anilines is 3. The number of carbonyl (C=O) groups is 1. The average Bonchev–Trinajstić information content (AvgIpc) is 1.56. The molecule has 31 heteroatoms. The minimum Gasteiger partial charge on any atom is -0.489 e. The van der Waals surface area contributed by atoms with Gasteiger partial charge in [-0.2, -0.15) is 25.8 Å². The number of methoxy groups -OCH3 is 2. The second-order valence-electron chi connectivity index (χ2n) is 32.2. The van der Waals surface area contributed by atoms with E-state index in [1.807, 2.05) is 74.0 Å². The van der Waals surface area contributed by atoms with Crippen LogP contribution in [-0.2, 0) is 17.8 Å². The molecular weight excluding hydrogens is 1530 g/mol. The summed E-state index contributed by atoms with van der Waals surface area (Å²) in [6.07, 6.45) is 26.7. The van der Waals surface area contributed by atoms with Crippen molar-refractivity contribution in [3.05, 3.63) is 209 Å². The Bertz CT molecular complexity index is 6000. The number of carbonyl (C=O) groups excluding carboxylic acids is 1. The number of aromatic nitrogens is 13. The maximum Gasteiger partial charge on any atom is 0.271 e. The summed E-state index contributed by atoms with van der Waals surface area (Å²) in [7, 11) is 3.05. The van der Waals surface area contributed by atoms with Crippen molar-refractivity contribution < 1.29 is 43.5 Å². The lowest BCUT2D eigenvalue weighted by Gasteiger charge is -2.56.